The summed E-state index contributed by atoms with van der Waals surface area (Å²) in [5.74, 6) is 1.24. The minimum atomic E-state index is 0. The second-order valence-electron chi connectivity index (χ2n) is 5.85. The molecule has 0 aliphatic rings. The van der Waals surface area contributed by atoms with Crippen LogP contribution in [-0.2, 0) is 24.4 Å². The van der Waals surface area contributed by atoms with Crippen LogP contribution in [0.3, 0.4) is 0 Å². The molecule has 0 fully saturated rings. The molecule has 1 aromatic heterocycles. The van der Waals surface area contributed by atoms with Crippen molar-refractivity contribution in [3.63, 3.8) is 0 Å². The lowest BCUT2D eigenvalue weighted by Gasteiger charge is -2.11. The van der Waals surface area contributed by atoms with Crippen LogP contribution in [0, 0.1) is 0 Å². The molecule has 0 bridgehead atoms. The van der Waals surface area contributed by atoms with Gasteiger partial charge in [0.25, 0.3) is 0 Å². The van der Waals surface area contributed by atoms with Gasteiger partial charge in [0.1, 0.15) is 5.01 Å². The van der Waals surface area contributed by atoms with E-state index in [0.29, 0.717) is 19.1 Å². The molecule has 0 spiro atoms. The molecule has 1 heterocycles. The molecule has 2 aromatic rings. The van der Waals surface area contributed by atoms with Gasteiger partial charge in [-0.15, -0.1) is 35.3 Å². The number of thiazole rings is 1. The molecule has 5 nitrogen and oxygen atoms in total. The molecule has 138 valence electrons. The van der Waals surface area contributed by atoms with E-state index in [2.05, 4.69) is 64.1 Å². The number of nitrogens with one attached hydrogen (secondary N) is 2. The van der Waals surface area contributed by atoms with E-state index in [-0.39, 0.29) is 24.0 Å². The van der Waals surface area contributed by atoms with Gasteiger partial charge in [-0.2, -0.15) is 0 Å². The van der Waals surface area contributed by atoms with Crippen LogP contribution in [0.25, 0.3) is 0 Å². The van der Waals surface area contributed by atoms with Crippen molar-refractivity contribution in [2.24, 2.45) is 4.99 Å². The number of guanidine groups is 1. The molecule has 0 atom stereocenters. The summed E-state index contributed by atoms with van der Waals surface area (Å²) in [6.45, 7) is 6.37. The summed E-state index contributed by atoms with van der Waals surface area (Å²) in [6.07, 6.45) is 0. The number of aromatic nitrogens is 1. The normalized spacial score (nSPS) is 11.3. The van der Waals surface area contributed by atoms with E-state index in [1.807, 2.05) is 0 Å². The van der Waals surface area contributed by atoms with Gasteiger partial charge in [-0.05, 0) is 17.0 Å². The van der Waals surface area contributed by atoms with Gasteiger partial charge in [-0.25, -0.2) is 4.98 Å². The minimum absolute atomic E-state index is 0. The number of methoxy groups -OCH3 is 1. The molecular formula is C18H27IN4OS. The van der Waals surface area contributed by atoms with Crippen LogP contribution in [0.2, 0.25) is 0 Å². The lowest BCUT2D eigenvalue weighted by molar-refractivity contribution is 0.185. The Hall–Kier alpha value is -1.19. The average Bonchev–Trinajstić information content (AvgIpc) is 3.06. The zero-order valence-electron chi connectivity index (χ0n) is 15.2. The predicted octanol–water partition coefficient (Wildman–Crippen LogP) is 3.90. The van der Waals surface area contributed by atoms with Gasteiger partial charge in [-0.1, -0.05) is 38.1 Å². The molecule has 7 heteroatoms. The first kappa shape index (κ1) is 21.9. The molecule has 0 unspecified atom stereocenters. The van der Waals surface area contributed by atoms with Gasteiger partial charge < -0.3 is 15.4 Å². The summed E-state index contributed by atoms with van der Waals surface area (Å²) >= 11 is 1.68. The van der Waals surface area contributed by atoms with E-state index in [1.165, 1.54) is 11.1 Å². The molecule has 25 heavy (non-hydrogen) atoms. The predicted molar refractivity (Wildman–Crippen MR) is 116 cm³/mol. The second-order valence-corrected chi connectivity index (χ2v) is 6.79. The standard InChI is InChI=1S/C18H26N4OS.HI/c1-13(2)16-12-24-17(22-16)10-21-18(19-3)20-9-14-5-7-15(8-6-14)11-23-4;/h5-8,12-13H,9-11H2,1-4H3,(H2,19,20,21);1H. The van der Waals surface area contributed by atoms with Gasteiger partial charge in [0.15, 0.2) is 5.96 Å². The van der Waals surface area contributed by atoms with E-state index >= 15 is 0 Å². The molecule has 0 saturated carbocycles. The van der Waals surface area contributed by atoms with Crippen LogP contribution in [0.15, 0.2) is 34.6 Å². The topological polar surface area (TPSA) is 58.5 Å². The number of aliphatic imine (C=N–C) groups is 1. The van der Waals surface area contributed by atoms with Gasteiger partial charge >= 0.3 is 0 Å². The maximum absolute atomic E-state index is 5.12. The third-order valence-electron chi connectivity index (χ3n) is 3.59. The van der Waals surface area contributed by atoms with Crippen LogP contribution in [0.1, 0.15) is 41.6 Å². The van der Waals surface area contributed by atoms with E-state index in [1.54, 1.807) is 25.5 Å². The summed E-state index contributed by atoms with van der Waals surface area (Å²) in [5.41, 5.74) is 3.53. The number of ether oxygens (including phenoxy) is 1. The van der Waals surface area contributed by atoms with Gasteiger partial charge in [0.2, 0.25) is 0 Å². The van der Waals surface area contributed by atoms with Crippen molar-refractivity contribution in [1.82, 2.24) is 15.6 Å². The SMILES string of the molecule is CN=C(NCc1ccc(COC)cc1)NCc1nc(C(C)C)cs1.I. The largest absolute Gasteiger partial charge is 0.380 e. The Morgan fingerprint density at radius 3 is 2.36 bits per heavy atom. The Morgan fingerprint density at radius 2 is 1.80 bits per heavy atom. The fourth-order valence-corrected chi connectivity index (χ4v) is 3.05. The third kappa shape index (κ3) is 7.29. The highest BCUT2D eigenvalue weighted by Crippen LogP contribution is 2.17. The van der Waals surface area contributed by atoms with Gasteiger partial charge in [-0.3, -0.25) is 4.99 Å². The lowest BCUT2D eigenvalue weighted by Crippen LogP contribution is -2.36. The van der Waals surface area contributed by atoms with Crippen molar-refractivity contribution < 1.29 is 4.74 Å². The maximum Gasteiger partial charge on any atom is 0.191 e. The first-order valence-electron chi connectivity index (χ1n) is 8.08. The fraction of sp³-hybridized carbons (Fsp3) is 0.444. The Bertz CT molecular complexity index is 655. The Labute approximate surface area is 171 Å². The van der Waals surface area contributed by atoms with Crippen molar-refractivity contribution >= 4 is 41.3 Å². The van der Waals surface area contributed by atoms with Crippen LogP contribution < -0.4 is 10.6 Å². The average molecular weight is 474 g/mol. The molecule has 0 saturated heterocycles. The lowest BCUT2D eigenvalue weighted by atomic mass is 10.1. The van der Waals surface area contributed by atoms with Crippen molar-refractivity contribution in [3.8, 4) is 0 Å². The Morgan fingerprint density at radius 1 is 1.16 bits per heavy atom. The zero-order chi connectivity index (χ0) is 17.4. The number of hydrogen-bond acceptors (Lipinski definition) is 4. The van der Waals surface area contributed by atoms with Crippen molar-refractivity contribution in [2.75, 3.05) is 14.2 Å². The highest BCUT2D eigenvalue weighted by molar-refractivity contribution is 14.0. The Kier molecular flexibility index (Phi) is 9.99. The van der Waals surface area contributed by atoms with Crippen LogP contribution in [-0.4, -0.2) is 25.1 Å². The minimum Gasteiger partial charge on any atom is -0.380 e. The number of benzene rings is 1. The first-order chi connectivity index (χ1) is 11.6. The van der Waals surface area contributed by atoms with Crippen molar-refractivity contribution in [2.45, 2.75) is 39.5 Å². The van der Waals surface area contributed by atoms with Crippen LogP contribution >= 0.6 is 35.3 Å². The summed E-state index contributed by atoms with van der Waals surface area (Å²) in [7, 11) is 3.48. The summed E-state index contributed by atoms with van der Waals surface area (Å²) in [5, 5.41) is 9.83. The molecule has 0 aliphatic carbocycles. The molecule has 0 radical (unpaired) electrons. The van der Waals surface area contributed by atoms with E-state index in [4.69, 9.17) is 4.74 Å². The fourth-order valence-electron chi connectivity index (χ4n) is 2.16. The van der Waals surface area contributed by atoms with E-state index in [9.17, 15) is 0 Å². The number of rotatable bonds is 7. The smallest absolute Gasteiger partial charge is 0.191 e. The molecule has 2 N–H and O–H groups in total. The zero-order valence-corrected chi connectivity index (χ0v) is 18.4. The first-order valence-corrected chi connectivity index (χ1v) is 8.96. The monoisotopic (exact) mass is 474 g/mol. The van der Waals surface area contributed by atoms with Gasteiger partial charge in [0, 0.05) is 26.1 Å². The molecule has 0 amide bonds. The summed E-state index contributed by atoms with van der Waals surface area (Å²) < 4.78 is 5.12. The van der Waals surface area contributed by atoms with Crippen molar-refractivity contribution in [1.29, 1.82) is 0 Å². The van der Waals surface area contributed by atoms with E-state index in [0.717, 1.165) is 23.2 Å². The van der Waals surface area contributed by atoms with Crippen molar-refractivity contribution in [3.05, 3.63) is 51.5 Å². The highest BCUT2D eigenvalue weighted by Gasteiger charge is 2.06. The second kappa shape index (κ2) is 11.4. The summed E-state index contributed by atoms with van der Waals surface area (Å²) in [4.78, 5) is 8.88. The highest BCUT2D eigenvalue weighted by atomic mass is 127. The van der Waals surface area contributed by atoms with Gasteiger partial charge in [0.05, 0.1) is 18.8 Å². The van der Waals surface area contributed by atoms with Crippen LogP contribution in [0.5, 0.6) is 0 Å². The molecule has 2 rings (SSSR count). The molecular weight excluding hydrogens is 447 g/mol. The number of nitrogens with zero attached hydrogens (tertiary/aromatic N) is 2. The Balaban J connectivity index is 0.00000312. The third-order valence-corrected chi connectivity index (χ3v) is 4.45. The molecule has 0 aliphatic heterocycles. The number of hydrogen-bond donors (Lipinski definition) is 2. The van der Waals surface area contributed by atoms with E-state index < -0.39 is 0 Å². The molecule has 1 aromatic carbocycles. The maximum atomic E-state index is 5.12. The number of halogens is 1. The van der Waals surface area contributed by atoms with Crippen LogP contribution in [0.4, 0.5) is 0 Å². The quantitative estimate of drug-likeness (QED) is 0.363. The summed E-state index contributed by atoms with van der Waals surface area (Å²) in [6, 6.07) is 8.37.